The van der Waals surface area contributed by atoms with Crippen molar-refractivity contribution in [2.24, 2.45) is 0 Å². The Balaban J connectivity index is 2.12. The van der Waals surface area contributed by atoms with Crippen molar-refractivity contribution in [3.8, 4) is 0 Å². The van der Waals surface area contributed by atoms with Crippen LogP contribution in [0.5, 0.6) is 0 Å². The fourth-order valence-electron chi connectivity index (χ4n) is 2.20. The molecule has 0 saturated carbocycles. The summed E-state index contributed by atoms with van der Waals surface area (Å²) in [7, 11) is 0. The van der Waals surface area contributed by atoms with Gasteiger partial charge >= 0.3 is 0 Å². The molecular weight excluding hydrogens is 224 g/mol. The van der Waals surface area contributed by atoms with Gasteiger partial charge in [0, 0.05) is 6.20 Å². The largest absolute Gasteiger partial charge is 0.259 e. The Hall–Kier alpha value is -2.23. The number of pyridine rings is 1. The maximum atomic E-state index is 4.42. The van der Waals surface area contributed by atoms with Gasteiger partial charge in [-0.15, -0.1) is 5.10 Å². The molecule has 1 unspecified atom stereocenters. The molecule has 3 aromatic rings. The highest BCUT2D eigenvalue weighted by Gasteiger charge is 2.16. The molecule has 90 valence electrons. The van der Waals surface area contributed by atoms with Gasteiger partial charge in [-0.05, 0) is 30.7 Å². The van der Waals surface area contributed by atoms with Crippen molar-refractivity contribution in [2.75, 3.05) is 0 Å². The SMILES string of the molecule is CCC(c1ccccn1)n1nnc2ccccc21. The van der Waals surface area contributed by atoms with Crippen LogP contribution in [0.25, 0.3) is 11.0 Å². The van der Waals surface area contributed by atoms with E-state index in [1.807, 2.05) is 53.3 Å². The minimum atomic E-state index is 0.138. The molecule has 18 heavy (non-hydrogen) atoms. The van der Waals surface area contributed by atoms with Gasteiger partial charge in [0.15, 0.2) is 0 Å². The molecule has 2 heterocycles. The highest BCUT2D eigenvalue weighted by atomic mass is 15.4. The van der Waals surface area contributed by atoms with Crippen molar-refractivity contribution in [2.45, 2.75) is 19.4 Å². The van der Waals surface area contributed by atoms with Crippen molar-refractivity contribution < 1.29 is 0 Å². The number of para-hydroxylation sites is 1. The minimum Gasteiger partial charge on any atom is -0.259 e. The predicted molar refractivity (Wildman–Crippen MR) is 70.2 cm³/mol. The number of aromatic nitrogens is 4. The standard InChI is InChI=1S/C14H14N4/c1-2-13(11-7-5-6-10-15-11)18-14-9-4-3-8-12(14)16-17-18/h3-10,13H,2H2,1H3. The molecule has 1 atom stereocenters. The van der Waals surface area contributed by atoms with E-state index in [1.165, 1.54) is 0 Å². The molecule has 2 aromatic heterocycles. The van der Waals surface area contributed by atoms with E-state index in [4.69, 9.17) is 0 Å². The summed E-state index contributed by atoms with van der Waals surface area (Å²) in [6.45, 7) is 2.13. The number of hydrogen-bond acceptors (Lipinski definition) is 3. The molecule has 0 aliphatic heterocycles. The van der Waals surface area contributed by atoms with Gasteiger partial charge in [-0.2, -0.15) is 0 Å². The molecule has 0 radical (unpaired) electrons. The number of rotatable bonds is 3. The first kappa shape index (κ1) is 10.9. The van der Waals surface area contributed by atoms with E-state index in [1.54, 1.807) is 0 Å². The Bertz CT molecular complexity index is 645. The van der Waals surface area contributed by atoms with Gasteiger partial charge in [0.25, 0.3) is 0 Å². The van der Waals surface area contributed by atoms with Crippen molar-refractivity contribution in [3.05, 3.63) is 54.4 Å². The lowest BCUT2D eigenvalue weighted by molar-refractivity contribution is 0.497. The molecule has 0 aliphatic carbocycles. The third-order valence-electron chi connectivity index (χ3n) is 3.09. The normalized spacial score (nSPS) is 12.7. The molecule has 3 rings (SSSR count). The molecule has 0 aliphatic rings. The zero-order valence-corrected chi connectivity index (χ0v) is 10.2. The van der Waals surface area contributed by atoms with Gasteiger partial charge in [0.1, 0.15) is 5.52 Å². The Morgan fingerprint density at radius 1 is 1.11 bits per heavy atom. The topological polar surface area (TPSA) is 43.6 Å². The van der Waals surface area contributed by atoms with Crippen LogP contribution >= 0.6 is 0 Å². The van der Waals surface area contributed by atoms with E-state index >= 15 is 0 Å². The zero-order chi connectivity index (χ0) is 12.4. The quantitative estimate of drug-likeness (QED) is 0.704. The first-order chi connectivity index (χ1) is 8.90. The number of hydrogen-bond donors (Lipinski definition) is 0. The third kappa shape index (κ3) is 1.76. The monoisotopic (exact) mass is 238 g/mol. The summed E-state index contributed by atoms with van der Waals surface area (Å²) in [5, 5.41) is 8.47. The first-order valence-corrected chi connectivity index (χ1v) is 6.11. The van der Waals surface area contributed by atoms with Crippen LogP contribution in [-0.4, -0.2) is 20.0 Å². The Morgan fingerprint density at radius 3 is 2.72 bits per heavy atom. The van der Waals surface area contributed by atoms with Gasteiger partial charge in [-0.3, -0.25) is 4.98 Å². The van der Waals surface area contributed by atoms with Gasteiger partial charge < -0.3 is 0 Å². The van der Waals surface area contributed by atoms with Gasteiger partial charge in [0.05, 0.1) is 17.3 Å². The average Bonchev–Trinajstić information content (AvgIpc) is 2.85. The Kier molecular flexibility index (Phi) is 2.76. The summed E-state index contributed by atoms with van der Waals surface area (Å²) >= 11 is 0. The lowest BCUT2D eigenvalue weighted by atomic mass is 10.1. The fraction of sp³-hybridized carbons (Fsp3) is 0.214. The number of nitrogens with zero attached hydrogens (tertiary/aromatic N) is 4. The second-order valence-electron chi connectivity index (χ2n) is 4.20. The lowest BCUT2D eigenvalue weighted by Crippen LogP contribution is -2.12. The van der Waals surface area contributed by atoms with Crippen molar-refractivity contribution in [1.82, 2.24) is 20.0 Å². The van der Waals surface area contributed by atoms with E-state index in [0.29, 0.717) is 0 Å². The number of benzene rings is 1. The van der Waals surface area contributed by atoms with Crippen molar-refractivity contribution in [3.63, 3.8) is 0 Å². The van der Waals surface area contributed by atoms with E-state index in [9.17, 15) is 0 Å². The lowest BCUT2D eigenvalue weighted by Gasteiger charge is -2.14. The summed E-state index contributed by atoms with van der Waals surface area (Å²) in [6.07, 6.45) is 2.75. The predicted octanol–water partition coefficient (Wildman–Crippen LogP) is 2.83. The van der Waals surface area contributed by atoms with Crippen molar-refractivity contribution >= 4 is 11.0 Å². The maximum Gasteiger partial charge on any atom is 0.113 e. The smallest absolute Gasteiger partial charge is 0.113 e. The highest BCUT2D eigenvalue weighted by molar-refractivity contribution is 5.74. The molecule has 0 amide bonds. The summed E-state index contributed by atoms with van der Waals surface area (Å²) in [5.74, 6) is 0. The Labute approximate surface area is 105 Å². The van der Waals surface area contributed by atoms with E-state index in [0.717, 1.165) is 23.1 Å². The van der Waals surface area contributed by atoms with Gasteiger partial charge in [0.2, 0.25) is 0 Å². The minimum absolute atomic E-state index is 0.138. The highest BCUT2D eigenvalue weighted by Crippen LogP contribution is 2.23. The second kappa shape index (κ2) is 4.56. The second-order valence-corrected chi connectivity index (χ2v) is 4.20. The molecule has 0 N–H and O–H groups in total. The first-order valence-electron chi connectivity index (χ1n) is 6.11. The van der Waals surface area contributed by atoms with E-state index in [2.05, 4.69) is 22.2 Å². The molecule has 0 bridgehead atoms. The van der Waals surface area contributed by atoms with Gasteiger partial charge in [-0.25, -0.2) is 4.68 Å². The van der Waals surface area contributed by atoms with Crippen LogP contribution in [0, 0.1) is 0 Å². The van der Waals surface area contributed by atoms with Crippen LogP contribution < -0.4 is 0 Å². The van der Waals surface area contributed by atoms with Crippen molar-refractivity contribution in [1.29, 1.82) is 0 Å². The molecule has 0 fully saturated rings. The molecule has 4 heteroatoms. The molecular formula is C14H14N4. The molecule has 0 saturated heterocycles. The zero-order valence-electron chi connectivity index (χ0n) is 10.2. The van der Waals surface area contributed by atoms with Crippen LogP contribution in [0.2, 0.25) is 0 Å². The van der Waals surface area contributed by atoms with Gasteiger partial charge in [-0.1, -0.05) is 30.3 Å². The van der Waals surface area contributed by atoms with Crippen LogP contribution in [0.1, 0.15) is 25.1 Å². The molecule has 1 aromatic carbocycles. The van der Waals surface area contributed by atoms with E-state index in [-0.39, 0.29) is 6.04 Å². The van der Waals surface area contributed by atoms with Crippen LogP contribution in [0.4, 0.5) is 0 Å². The maximum absolute atomic E-state index is 4.42. The van der Waals surface area contributed by atoms with Crippen LogP contribution in [0.3, 0.4) is 0 Å². The Morgan fingerprint density at radius 2 is 1.94 bits per heavy atom. The fourth-order valence-corrected chi connectivity index (χ4v) is 2.20. The van der Waals surface area contributed by atoms with E-state index < -0.39 is 0 Å². The summed E-state index contributed by atoms with van der Waals surface area (Å²) in [4.78, 5) is 4.42. The summed E-state index contributed by atoms with van der Waals surface area (Å²) in [5.41, 5.74) is 3.00. The third-order valence-corrected chi connectivity index (χ3v) is 3.09. The van der Waals surface area contributed by atoms with Crippen LogP contribution in [-0.2, 0) is 0 Å². The number of fused-ring (bicyclic) bond motifs is 1. The van der Waals surface area contributed by atoms with Crippen LogP contribution in [0.15, 0.2) is 48.7 Å². The summed E-state index contributed by atoms with van der Waals surface area (Å²) in [6, 6.07) is 14.1. The average molecular weight is 238 g/mol. The summed E-state index contributed by atoms with van der Waals surface area (Å²) < 4.78 is 1.96. The molecule has 4 nitrogen and oxygen atoms in total. The molecule has 0 spiro atoms.